The number of carbonyl (C=O) groups excluding carboxylic acids is 4. The lowest BCUT2D eigenvalue weighted by Gasteiger charge is -2.37. The molecular weight excluding hydrogens is 500 g/mol. The van der Waals surface area contributed by atoms with Crippen molar-refractivity contribution in [2.24, 2.45) is 5.41 Å². The van der Waals surface area contributed by atoms with Crippen LogP contribution in [0.5, 0.6) is 0 Å². The molecule has 2 saturated heterocycles. The van der Waals surface area contributed by atoms with Crippen LogP contribution >= 0.6 is 0 Å². The molecule has 1 aromatic rings. The summed E-state index contributed by atoms with van der Waals surface area (Å²) < 4.78 is 5.85. The Bertz CT molecular complexity index is 1030. The molecule has 2 heterocycles. The standard InChI is InChI=1S/C28H44N6O5/c1-17(2)31-26(37)34-16-21(39-27(38)30-15-19-11-9-8-10-12-19)22-20(34)13-14-33(22)25(36)23(28(4,5)6)32-24(35)18(3)29-7/h8-12,17-18,20-23,29H,13-16H2,1-7H3,(H,30,38)(H,31,37)(H,32,35)/t18-,20+,21-,22-,23+/m0/s1. The largest absolute Gasteiger partial charge is 0.442 e. The molecule has 2 aliphatic rings. The third kappa shape index (κ3) is 7.40. The van der Waals surface area contributed by atoms with Crippen LogP contribution in [0, 0.1) is 5.41 Å². The number of carbonyl (C=O) groups is 4. The van der Waals surface area contributed by atoms with Gasteiger partial charge in [0.15, 0.2) is 0 Å². The zero-order chi connectivity index (χ0) is 28.9. The van der Waals surface area contributed by atoms with Gasteiger partial charge in [0.1, 0.15) is 12.1 Å². The highest BCUT2D eigenvalue weighted by molar-refractivity contribution is 5.91. The van der Waals surface area contributed by atoms with Crippen LogP contribution in [0.25, 0.3) is 0 Å². The van der Waals surface area contributed by atoms with Crippen LogP contribution in [0.2, 0.25) is 0 Å². The van der Waals surface area contributed by atoms with Crippen molar-refractivity contribution < 1.29 is 23.9 Å². The van der Waals surface area contributed by atoms with Crippen LogP contribution in [0.15, 0.2) is 30.3 Å². The van der Waals surface area contributed by atoms with Crippen LogP contribution in [0.1, 0.15) is 53.5 Å². The number of likely N-dealkylation sites (tertiary alicyclic amines) is 2. The number of hydrogen-bond donors (Lipinski definition) is 4. The number of nitrogens with zero attached hydrogens (tertiary/aromatic N) is 2. The second kappa shape index (κ2) is 12.7. The molecule has 2 fully saturated rings. The predicted octanol–water partition coefficient (Wildman–Crippen LogP) is 1.82. The lowest BCUT2D eigenvalue weighted by molar-refractivity contribution is -0.141. The molecule has 1 aromatic carbocycles. The lowest BCUT2D eigenvalue weighted by atomic mass is 9.85. The van der Waals surface area contributed by atoms with Gasteiger partial charge in [-0.05, 0) is 45.2 Å². The number of amides is 5. The molecule has 0 saturated carbocycles. The number of benzene rings is 1. The van der Waals surface area contributed by atoms with E-state index in [4.69, 9.17) is 4.74 Å². The maximum absolute atomic E-state index is 14.0. The van der Waals surface area contributed by atoms with Crippen molar-refractivity contribution in [1.29, 1.82) is 0 Å². The number of rotatable bonds is 8. The average molecular weight is 545 g/mol. The normalized spacial score (nSPS) is 22.2. The van der Waals surface area contributed by atoms with E-state index < -0.39 is 35.7 Å². The summed E-state index contributed by atoms with van der Waals surface area (Å²) in [6, 6.07) is 7.04. The first kappa shape index (κ1) is 30.2. The van der Waals surface area contributed by atoms with Crippen LogP contribution in [-0.2, 0) is 20.9 Å². The molecule has 11 nitrogen and oxygen atoms in total. The molecule has 0 aromatic heterocycles. The van der Waals surface area contributed by atoms with Crippen molar-refractivity contribution in [3.8, 4) is 0 Å². The Morgan fingerprint density at radius 3 is 2.28 bits per heavy atom. The number of fused-ring (bicyclic) bond motifs is 1. The van der Waals surface area contributed by atoms with Gasteiger partial charge in [-0.1, -0.05) is 51.1 Å². The SMILES string of the molecule is CN[C@@H](C)C(=O)N[C@H](C(=O)N1CC[C@@H]2[C@H]1[C@@H](OC(=O)NCc1ccccc1)CN2C(=O)NC(C)C)C(C)(C)C. The summed E-state index contributed by atoms with van der Waals surface area (Å²) in [7, 11) is 1.68. The maximum atomic E-state index is 14.0. The van der Waals surface area contributed by atoms with E-state index in [1.165, 1.54) is 0 Å². The van der Waals surface area contributed by atoms with E-state index in [1.54, 1.807) is 23.8 Å². The van der Waals surface area contributed by atoms with Crippen molar-refractivity contribution in [1.82, 2.24) is 31.1 Å². The molecule has 11 heteroatoms. The molecule has 0 bridgehead atoms. The van der Waals surface area contributed by atoms with Crippen molar-refractivity contribution in [3.05, 3.63) is 35.9 Å². The Hall–Kier alpha value is -3.34. The van der Waals surface area contributed by atoms with E-state index in [9.17, 15) is 19.2 Å². The van der Waals surface area contributed by atoms with Gasteiger partial charge in [0.2, 0.25) is 11.8 Å². The maximum Gasteiger partial charge on any atom is 0.407 e. The van der Waals surface area contributed by atoms with Gasteiger partial charge in [0.05, 0.1) is 24.7 Å². The number of ether oxygens (including phenoxy) is 1. The topological polar surface area (TPSA) is 132 Å². The molecule has 0 spiro atoms. The summed E-state index contributed by atoms with van der Waals surface area (Å²) in [5, 5.41) is 11.5. The van der Waals surface area contributed by atoms with Gasteiger partial charge < -0.3 is 35.8 Å². The van der Waals surface area contributed by atoms with Crippen molar-refractivity contribution in [2.45, 2.75) is 90.8 Å². The predicted molar refractivity (Wildman–Crippen MR) is 148 cm³/mol. The number of alkyl carbamates (subject to hydrolysis) is 1. The minimum absolute atomic E-state index is 0.0705. The molecule has 4 N–H and O–H groups in total. The number of nitrogens with one attached hydrogen (secondary N) is 4. The van der Waals surface area contributed by atoms with Crippen LogP contribution < -0.4 is 21.3 Å². The van der Waals surface area contributed by atoms with Crippen LogP contribution in [0.3, 0.4) is 0 Å². The van der Waals surface area contributed by atoms with E-state index in [0.29, 0.717) is 19.5 Å². The van der Waals surface area contributed by atoms with Crippen molar-refractivity contribution >= 4 is 23.9 Å². The summed E-state index contributed by atoms with van der Waals surface area (Å²) in [5.74, 6) is -0.532. The second-order valence-electron chi connectivity index (χ2n) is 11.7. The van der Waals surface area contributed by atoms with Gasteiger partial charge >= 0.3 is 12.1 Å². The third-order valence-corrected chi connectivity index (χ3v) is 7.30. The fourth-order valence-corrected chi connectivity index (χ4v) is 5.11. The molecule has 39 heavy (non-hydrogen) atoms. The third-order valence-electron chi connectivity index (χ3n) is 7.30. The zero-order valence-electron chi connectivity index (χ0n) is 24.1. The van der Waals surface area contributed by atoms with Gasteiger partial charge in [-0.15, -0.1) is 0 Å². The second-order valence-corrected chi connectivity index (χ2v) is 11.7. The van der Waals surface area contributed by atoms with E-state index in [-0.39, 0.29) is 36.5 Å². The Labute approximate surface area is 231 Å². The van der Waals surface area contributed by atoms with Gasteiger partial charge in [0, 0.05) is 19.1 Å². The lowest BCUT2D eigenvalue weighted by Crippen LogP contribution is -2.59. The number of urea groups is 1. The first-order valence-electron chi connectivity index (χ1n) is 13.7. The fourth-order valence-electron chi connectivity index (χ4n) is 5.11. The Balaban J connectivity index is 1.82. The minimum Gasteiger partial charge on any atom is -0.442 e. The molecule has 2 aliphatic heterocycles. The van der Waals surface area contributed by atoms with E-state index in [1.807, 2.05) is 65.0 Å². The first-order chi connectivity index (χ1) is 18.3. The van der Waals surface area contributed by atoms with Gasteiger partial charge in [0.25, 0.3) is 0 Å². The Morgan fingerprint density at radius 2 is 1.69 bits per heavy atom. The monoisotopic (exact) mass is 544 g/mol. The summed E-state index contributed by atoms with van der Waals surface area (Å²) >= 11 is 0. The molecule has 0 radical (unpaired) electrons. The molecule has 3 rings (SSSR count). The molecule has 5 amide bonds. The highest BCUT2D eigenvalue weighted by Crippen LogP contribution is 2.35. The Morgan fingerprint density at radius 1 is 1.03 bits per heavy atom. The van der Waals surface area contributed by atoms with Gasteiger partial charge in [-0.2, -0.15) is 0 Å². The number of likely N-dealkylation sites (N-methyl/N-ethyl adjacent to an activating group) is 1. The van der Waals surface area contributed by atoms with E-state index in [2.05, 4.69) is 21.3 Å². The summed E-state index contributed by atoms with van der Waals surface area (Å²) in [4.78, 5) is 56.0. The smallest absolute Gasteiger partial charge is 0.407 e. The van der Waals surface area contributed by atoms with Gasteiger partial charge in [-0.25, -0.2) is 9.59 Å². The molecule has 0 unspecified atom stereocenters. The molecule has 0 aliphatic carbocycles. The van der Waals surface area contributed by atoms with E-state index >= 15 is 0 Å². The summed E-state index contributed by atoms with van der Waals surface area (Å²) in [6.07, 6.45) is -0.787. The van der Waals surface area contributed by atoms with Crippen LogP contribution in [-0.4, -0.2) is 90.2 Å². The van der Waals surface area contributed by atoms with E-state index in [0.717, 1.165) is 5.56 Å². The first-order valence-corrected chi connectivity index (χ1v) is 13.7. The summed E-state index contributed by atoms with van der Waals surface area (Å²) in [5.41, 5.74) is 0.351. The minimum atomic E-state index is -0.800. The van der Waals surface area contributed by atoms with Crippen molar-refractivity contribution in [2.75, 3.05) is 20.1 Å². The quantitative estimate of drug-likeness (QED) is 0.395. The highest BCUT2D eigenvalue weighted by atomic mass is 16.6. The van der Waals surface area contributed by atoms with Gasteiger partial charge in [-0.3, -0.25) is 9.59 Å². The van der Waals surface area contributed by atoms with Crippen LogP contribution in [0.4, 0.5) is 9.59 Å². The highest BCUT2D eigenvalue weighted by Gasteiger charge is 2.55. The molecule has 216 valence electrons. The molecular formula is C28H44N6O5. The molecule has 5 atom stereocenters. The average Bonchev–Trinajstić information content (AvgIpc) is 3.46. The van der Waals surface area contributed by atoms with Crippen molar-refractivity contribution in [3.63, 3.8) is 0 Å². The Kier molecular flexibility index (Phi) is 9.82. The number of hydrogen-bond acceptors (Lipinski definition) is 6. The summed E-state index contributed by atoms with van der Waals surface area (Å²) in [6.45, 7) is 12.0. The fraction of sp³-hybridized carbons (Fsp3) is 0.643. The zero-order valence-corrected chi connectivity index (χ0v) is 24.1.